The Hall–Kier alpha value is -1.91. The molecule has 0 radical (unpaired) electrons. The molecule has 2 aliphatic rings. The molecule has 29 heavy (non-hydrogen) atoms. The first-order valence-electron chi connectivity index (χ1n) is 9.89. The number of alkyl halides is 3. The molecule has 0 bridgehead atoms. The van der Waals surface area contributed by atoms with Crippen molar-refractivity contribution in [3.63, 3.8) is 0 Å². The van der Waals surface area contributed by atoms with Crippen LogP contribution in [-0.2, 0) is 10.9 Å². The van der Waals surface area contributed by atoms with Gasteiger partial charge in [-0.25, -0.2) is 9.78 Å². The van der Waals surface area contributed by atoms with Crippen molar-refractivity contribution in [2.75, 3.05) is 57.7 Å². The standard InChI is InChI=1S/C19H28F3N5O2/c1-14(2)27-9-10-29-16(13-27)12-25-5-7-26(8-6-25)18(28)24-17-4-3-15(11-23-17)19(20,21)22/h3-4,11,14,16H,5-10,12-13H2,1-2H3,(H,23,24,28)/t16-/m0/s1. The lowest BCUT2D eigenvalue weighted by atomic mass is 10.2. The van der Waals surface area contributed by atoms with Crippen LogP contribution in [0, 0.1) is 0 Å². The molecule has 1 aromatic rings. The molecular weight excluding hydrogens is 387 g/mol. The van der Waals surface area contributed by atoms with E-state index in [1.165, 1.54) is 0 Å². The van der Waals surface area contributed by atoms with Gasteiger partial charge < -0.3 is 9.64 Å². The lowest BCUT2D eigenvalue weighted by Crippen LogP contribution is -2.54. The number of nitrogens with one attached hydrogen (secondary N) is 1. The number of amides is 2. The molecule has 2 saturated heterocycles. The molecule has 1 atom stereocenters. The van der Waals surface area contributed by atoms with Gasteiger partial charge in [-0.05, 0) is 26.0 Å². The zero-order valence-electron chi connectivity index (χ0n) is 16.8. The van der Waals surface area contributed by atoms with Gasteiger partial charge in [0.05, 0.1) is 18.3 Å². The molecule has 1 aromatic heterocycles. The highest BCUT2D eigenvalue weighted by molar-refractivity contribution is 5.88. The monoisotopic (exact) mass is 415 g/mol. The Morgan fingerprint density at radius 3 is 2.55 bits per heavy atom. The highest BCUT2D eigenvalue weighted by atomic mass is 19.4. The van der Waals surface area contributed by atoms with E-state index in [-0.39, 0.29) is 18.0 Å². The van der Waals surface area contributed by atoms with E-state index in [1.807, 2.05) is 0 Å². The molecule has 162 valence electrons. The van der Waals surface area contributed by atoms with Gasteiger partial charge in [0.25, 0.3) is 0 Å². The third-order valence-corrected chi connectivity index (χ3v) is 5.35. The van der Waals surface area contributed by atoms with Crippen LogP contribution >= 0.6 is 0 Å². The van der Waals surface area contributed by atoms with Gasteiger partial charge >= 0.3 is 12.2 Å². The number of rotatable bonds is 4. The number of carbonyl (C=O) groups is 1. The molecule has 0 saturated carbocycles. The molecule has 2 aliphatic heterocycles. The van der Waals surface area contributed by atoms with Crippen molar-refractivity contribution in [1.82, 2.24) is 19.7 Å². The SMILES string of the molecule is CC(C)N1CCO[C@@H](CN2CCN(C(=O)Nc3ccc(C(F)(F)F)cn3)CC2)C1. The summed E-state index contributed by atoms with van der Waals surface area (Å²) < 4.78 is 43.6. The summed E-state index contributed by atoms with van der Waals surface area (Å²) in [6.07, 6.45) is -3.55. The van der Waals surface area contributed by atoms with Crippen molar-refractivity contribution in [3.8, 4) is 0 Å². The zero-order chi connectivity index (χ0) is 21.0. The van der Waals surface area contributed by atoms with Crippen LogP contribution in [0.1, 0.15) is 19.4 Å². The number of hydrogen-bond donors (Lipinski definition) is 1. The highest BCUT2D eigenvalue weighted by Gasteiger charge is 2.31. The lowest BCUT2D eigenvalue weighted by molar-refractivity contribution is -0.137. The van der Waals surface area contributed by atoms with Crippen molar-refractivity contribution in [2.45, 2.75) is 32.2 Å². The fourth-order valence-electron chi connectivity index (χ4n) is 3.57. The van der Waals surface area contributed by atoms with Crippen molar-refractivity contribution in [2.24, 2.45) is 0 Å². The molecule has 2 fully saturated rings. The first-order chi connectivity index (χ1) is 13.7. The van der Waals surface area contributed by atoms with Crippen LogP contribution in [0.4, 0.5) is 23.8 Å². The van der Waals surface area contributed by atoms with E-state index < -0.39 is 11.7 Å². The van der Waals surface area contributed by atoms with Gasteiger partial charge in [0.1, 0.15) is 5.82 Å². The predicted molar refractivity (Wildman–Crippen MR) is 103 cm³/mol. The molecule has 3 rings (SSSR count). The smallest absolute Gasteiger partial charge is 0.374 e. The number of aromatic nitrogens is 1. The molecule has 1 N–H and O–H groups in total. The summed E-state index contributed by atoms with van der Waals surface area (Å²) in [6, 6.07) is 2.22. The fourth-order valence-corrected chi connectivity index (χ4v) is 3.57. The van der Waals surface area contributed by atoms with Crippen LogP contribution in [0.15, 0.2) is 18.3 Å². The third-order valence-electron chi connectivity index (χ3n) is 5.35. The summed E-state index contributed by atoms with van der Waals surface area (Å²) in [5.41, 5.74) is -0.843. The van der Waals surface area contributed by atoms with Gasteiger partial charge in [0.15, 0.2) is 0 Å². The van der Waals surface area contributed by atoms with Crippen LogP contribution in [0.25, 0.3) is 0 Å². The number of urea groups is 1. The lowest BCUT2D eigenvalue weighted by Gasteiger charge is -2.40. The normalized spacial score (nSPS) is 22.1. The summed E-state index contributed by atoms with van der Waals surface area (Å²) >= 11 is 0. The van der Waals surface area contributed by atoms with Crippen LogP contribution < -0.4 is 5.32 Å². The summed E-state index contributed by atoms with van der Waals surface area (Å²) in [5, 5.41) is 2.56. The largest absolute Gasteiger partial charge is 0.417 e. The maximum absolute atomic E-state index is 12.6. The van der Waals surface area contributed by atoms with E-state index in [0.29, 0.717) is 19.1 Å². The van der Waals surface area contributed by atoms with Crippen molar-refractivity contribution in [3.05, 3.63) is 23.9 Å². The topological polar surface area (TPSA) is 60.9 Å². The Labute approximate surface area is 168 Å². The number of anilines is 1. The minimum atomic E-state index is -4.44. The Kier molecular flexibility index (Phi) is 6.97. The maximum atomic E-state index is 12.6. The Morgan fingerprint density at radius 1 is 1.24 bits per heavy atom. The average molecular weight is 415 g/mol. The molecule has 3 heterocycles. The molecule has 0 aromatic carbocycles. The number of nitrogens with zero attached hydrogens (tertiary/aromatic N) is 4. The van der Waals surface area contributed by atoms with Gasteiger partial charge in [-0.1, -0.05) is 0 Å². The number of ether oxygens (including phenoxy) is 1. The second-order valence-electron chi connectivity index (χ2n) is 7.73. The minimum absolute atomic E-state index is 0.106. The average Bonchev–Trinajstić information content (AvgIpc) is 2.68. The quantitative estimate of drug-likeness (QED) is 0.818. The number of piperazine rings is 1. The molecule has 10 heteroatoms. The van der Waals surface area contributed by atoms with Crippen molar-refractivity contribution in [1.29, 1.82) is 0 Å². The van der Waals surface area contributed by atoms with E-state index in [1.54, 1.807) is 4.90 Å². The first kappa shape index (κ1) is 21.8. The number of halogens is 3. The second kappa shape index (κ2) is 9.27. The second-order valence-corrected chi connectivity index (χ2v) is 7.73. The van der Waals surface area contributed by atoms with Crippen LogP contribution in [-0.4, -0.2) is 90.3 Å². The Bertz CT molecular complexity index is 675. The Morgan fingerprint density at radius 2 is 1.97 bits per heavy atom. The van der Waals surface area contributed by atoms with Gasteiger partial charge in [-0.15, -0.1) is 0 Å². The van der Waals surface area contributed by atoms with Gasteiger partial charge in [-0.3, -0.25) is 15.1 Å². The van der Waals surface area contributed by atoms with Crippen LogP contribution in [0.5, 0.6) is 0 Å². The van der Waals surface area contributed by atoms with Gasteiger partial charge in [-0.2, -0.15) is 13.2 Å². The molecule has 2 amide bonds. The first-order valence-corrected chi connectivity index (χ1v) is 9.89. The zero-order valence-corrected chi connectivity index (χ0v) is 16.8. The van der Waals surface area contributed by atoms with Gasteiger partial charge in [0.2, 0.25) is 0 Å². The van der Waals surface area contributed by atoms with E-state index >= 15 is 0 Å². The van der Waals surface area contributed by atoms with Gasteiger partial charge in [0, 0.05) is 58.1 Å². The van der Waals surface area contributed by atoms with Crippen molar-refractivity contribution >= 4 is 11.8 Å². The maximum Gasteiger partial charge on any atom is 0.417 e. The Balaban J connectivity index is 1.43. The summed E-state index contributed by atoms with van der Waals surface area (Å²) in [7, 11) is 0. The fraction of sp³-hybridized carbons (Fsp3) is 0.684. The third kappa shape index (κ3) is 6.03. The molecule has 0 unspecified atom stereocenters. The molecule has 7 nitrogen and oxygen atoms in total. The number of pyridine rings is 1. The number of hydrogen-bond acceptors (Lipinski definition) is 5. The number of morpholine rings is 1. The summed E-state index contributed by atoms with van der Waals surface area (Å²) in [6.45, 7) is 10.4. The number of carbonyl (C=O) groups excluding carboxylic acids is 1. The van der Waals surface area contributed by atoms with Crippen LogP contribution in [0.3, 0.4) is 0 Å². The van der Waals surface area contributed by atoms with E-state index in [9.17, 15) is 18.0 Å². The molecule has 0 aliphatic carbocycles. The summed E-state index contributed by atoms with van der Waals surface area (Å²) in [4.78, 5) is 22.4. The van der Waals surface area contributed by atoms with E-state index in [4.69, 9.17) is 4.74 Å². The highest BCUT2D eigenvalue weighted by Crippen LogP contribution is 2.28. The molecular formula is C19H28F3N5O2. The predicted octanol–water partition coefficient (Wildman–Crippen LogP) is 2.36. The van der Waals surface area contributed by atoms with E-state index in [0.717, 1.165) is 57.7 Å². The summed E-state index contributed by atoms with van der Waals surface area (Å²) in [5.74, 6) is 0.106. The van der Waals surface area contributed by atoms with Crippen molar-refractivity contribution < 1.29 is 22.7 Å². The van der Waals surface area contributed by atoms with Crippen LogP contribution in [0.2, 0.25) is 0 Å². The minimum Gasteiger partial charge on any atom is -0.374 e. The molecule has 0 spiro atoms. The van der Waals surface area contributed by atoms with E-state index in [2.05, 4.69) is 33.9 Å².